The fourth-order valence-electron chi connectivity index (χ4n) is 4.57. The Bertz CT molecular complexity index is 1620. The second-order valence-corrected chi connectivity index (χ2v) is 9.86. The standard InChI is InChI=1S/C27H25FN6O3S/c1-3-18-11-23(26(35)33-8-6-24-19(15(33)2)7-9-38-24)31-25-12-22(32-34(18)25)20-5-4-17(10-21(20)28)30-14-16(13-29)27(36)37/h4-5,7,9-15H,3,6,8,29H2,1-2H3,(H,36,37)/t15-/m1/s1. The second-order valence-electron chi connectivity index (χ2n) is 8.86. The number of aromatic nitrogens is 3. The van der Waals surface area contributed by atoms with Crippen molar-refractivity contribution < 1.29 is 19.1 Å². The van der Waals surface area contributed by atoms with Gasteiger partial charge in [-0.15, -0.1) is 11.3 Å². The summed E-state index contributed by atoms with van der Waals surface area (Å²) in [5, 5.41) is 15.6. The summed E-state index contributed by atoms with van der Waals surface area (Å²) in [4.78, 5) is 36.3. The summed E-state index contributed by atoms with van der Waals surface area (Å²) in [7, 11) is 0. The Hall–Kier alpha value is -4.38. The average Bonchev–Trinajstić information content (AvgIpc) is 3.56. The topological polar surface area (TPSA) is 126 Å². The molecule has 38 heavy (non-hydrogen) atoms. The van der Waals surface area contributed by atoms with Crippen LogP contribution in [0.25, 0.3) is 16.9 Å². The molecule has 9 nitrogen and oxygen atoms in total. The number of benzene rings is 1. The molecule has 194 valence electrons. The number of carbonyl (C=O) groups is 2. The van der Waals surface area contributed by atoms with Gasteiger partial charge < -0.3 is 15.7 Å². The van der Waals surface area contributed by atoms with E-state index in [1.165, 1.54) is 22.6 Å². The van der Waals surface area contributed by atoms with Crippen LogP contribution in [0, 0.1) is 5.82 Å². The number of fused-ring (bicyclic) bond motifs is 2. The molecule has 4 aromatic rings. The Morgan fingerprint density at radius 3 is 2.82 bits per heavy atom. The number of amides is 1. The molecule has 0 fully saturated rings. The van der Waals surface area contributed by atoms with Crippen LogP contribution in [0.15, 0.2) is 58.5 Å². The Labute approximate surface area is 221 Å². The van der Waals surface area contributed by atoms with E-state index in [2.05, 4.69) is 26.5 Å². The Kier molecular flexibility index (Phi) is 6.77. The van der Waals surface area contributed by atoms with Gasteiger partial charge in [-0.05, 0) is 55.0 Å². The number of carboxylic acid groups (broad SMARTS) is 1. The molecule has 0 unspecified atom stereocenters. The molecule has 0 spiro atoms. The smallest absolute Gasteiger partial charge is 0.338 e. The van der Waals surface area contributed by atoms with E-state index in [1.54, 1.807) is 34.1 Å². The van der Waals surface area contributed by atoms with Crippen molar-refractivity contribution in [1.82, 2.24) is 19.5 Å². The van der Waals surface area contributed by atoms with Crippen molar-refractivity contribution in [3.05, 3.63) is 81.2 Å². The van der Waals surface area contributed by atoms with Gasteiger partial charge in [-0.3, -0.25) is 9.79 Å². The fourth-order valence-corrected chi connectivity index (χ4v) is 5.53. The van der Waals surface area contributed by atoms with Crippen LogP contribution in [-0.2, 0) is 17.6 Å². The number of nitrogens with two attached hydrogens (primary N) is 1. The second kappa shape index (κ2) is 10.2. The molecule has 0 radical (unpaired) electrons. The van der Waals surface area contributed by atoms with Crippen LogP contribution in [0.5, 0.6) is 0 Å². The van der Waals surface area contributed by atoms with Gasteiger partial charge in [0.1, 0.15) is 11.5 Å². The minimum absolute atomic E-state index is 0.0386. The first-order chi connectivity index (χ1) is 18.3. The van der Waals surface area contributed by atoms with E-state index in [1.807, 2.05) is 18.7 Å². The van der Waals surface area contributed by atoms with Gasteiger partial charge in [0, 0.05) is 47.2 Å². The number of carbonyl (C=O) groups excluding carboxylic acids is 1. The van der Waals surface area contributed by atoms with Crippen LogP contribution in [0.4, 0.5) is 10.1 Å². The lowest BCUT2D eigenvalue weighted by Gasteiger charge is -2.33. The van der Waals surface area contributed by atoms with Gasteiger partial charge in [0.2, 0.25) is 0 Å². The molecule has 0 bridgehead atoms. The van der Waals surface area contributed by atoms with E-state index in [-0.39, 0.29) is 28.8 Å². The average molecular weight is 533 g/mol. The SMILES string of the molecule is CCc1cc(C(=O)N2CCc3sccc3[C@H]2C)nc2cc(-c3ccc(N=CC(=CN)C(=O)O)cc3F)nn12. The lowest BCUT2D eigenvalue weighted by Crippen LogP contribution is -2.38. The maximum Gasteiger partial charge on any atom is 0.338 e. The van der Waals surface area contributed by atoms with Crippen molar-refractivity contribution in [2.75, 3.05) is 6.54 Å². The highest BCUT2D eigenvalue weighted by Crippen LogP contribution is 2.34. The molecule has 0 saturated heterocycles. The third-order valence-electron chi connectivity index (χ3n) is 6.63. The first-order valence-electron chi connectivity index (χ1n) is 12.1. The number of carboxylic acids is 1. The van der Waals surface area contributed by atoms with Gasteiger partial charge in [0.15, 0.2) is 5.65 Å². The van der Waals surface area contributed by atoms with Crippen molar-refractivity contribution in [2.45, 2.75) is 32.7 Å². The normalized spacial score (nSPS) is 15.8. The number of aliphatic imine (C=N–C) groups is 1. The van der Waals surface area contributed by atoms with Gasteiger partial charge in [-0.25, -0.2) is 18.7 Å². The molecular formula is C27H25FN6O3S. The lowest BCUT2D eigenvalue weighted by atomic mass is 10.0. The van der Waals surface area contributed by atoms with Crippen LogP contribution in [0.2, 0.25) is 0 Å². The quantitative estimate of drug-likeness (QED) is 0.277. The van der Waals surface area contributed by atoms with Gasteiger partial charge in [-0.1, -0.05) is 6.92 Å². The van der Waals surface area contributed by atoms with E-state index in [0.717, 1.165) is 24.5 Å². The van der Waals surface area contributed by atoms with E-state index in [0.29, 0.717) is 30.0 Å². The number of halogens is 1. The van der Waals surface area contributed by atoms with Gasteiger partial charge in [0.05, 0.1) is 23.0 Å². The highest BCUT2D eigenvalue weighted by molar-refractivity contribution is 7.10. The molecule has 1 aliphatic heterocycles. The van der Waals surface area contributed by atoms with Crippen LogP contribution >= 0.6 is 11.3 Å². The Morgan fingerprint density at radius 1 is 1.29 bits per heavy atom. The minimum atomic E-state index is -1.24. The predicted octanol–water partition coefficient (Wildman–Crippen LogP) is 4.55. The Morgan fingerprint density at radius 2 is 2.11 bits per heavy atom. The fraction of sp³-hybridized carbons (Fsp3) is 0.222. The third-order valence-corrected chi connectivity index (χ3v) is 7.62. The summed E-state index contributed by atoms with van der Waals surface area (Å²) in [5.74, 6) is -1.96. The van der Waals surface area contributed by atoms with Gasteiger partial charge in [-0.2, -0.15) is 5.10 Å². The molecule has 4 heterocycles. The van der Waals surface area contributed by atoms with Crippen LogP contribution < -0.4 is 5.73 Å². The van der Waals surface area contributed by atoms with Crippen molar-refractivity contribution in [1.29, 1.82) is 0 Å². The molecule has 3 N–H and O–H groups in total. The summed E-state index contributed by atoms with van der Waals surface area (Å²) in [6.07, 6.45) is 3.39. The molecule has 0 aliphatic carbocycles. The number of thiophene rings is 1. The number of aliphatic carboxylic acids is 1. The minimum Gasteiger partial charge on any atom is -0.478 e. The number of hydrogen-bond donors (Lipinski definition) is 2. The Balaban J connectivity index is 1.46. The van der Waals surface area contributed by atoms with Crippen LogP contribution in [0.3, 0.4) is 0 Å². The van der Waals surface area contributed by atoms with E-state index >= 15 is 4.39 Å². The van der Waals surface area contributed by atoms with E-state index in [4.69, 9.17) is 10.8 Å². The largest absolute Gasteiger partial charge is 0.478 e. The summed E-state index contributed by atoms with van der Waals surface area (Å²) in [5.41, 5.74) is 8.60. The van der Waals surface area contributed by atoms with E-state index in [9.17, 15) is 9.59 Å². The first-order valence-corrected chi connectivity index (χ1v) is 12.9. The lowest BCUT2D eigenvalue weighted by molar-refractivity contribution is -0.132. The molecule has 5 rings (SSSR count). The third kappa shape index (κ3) is 4.56. The van der Waals surface area contributed by atoms with Crippen molar-refractivity contribution in [2.24, 2.45) is 10.7 Å². The molecule has 1 amide bonds. The monoisotopic (exact) mass is 532 g/mol. The summed E-state index contributed by atoms with van der Waals surface area (Å²) < 4.78 is 16.7. The molecule has 0 saturated carbocycles. The molecule has 3 aromatic heterocycles. The molecule has 11 heteroatoms. The summed E-state index contributed by atoms with van der Waals surface area (Å²) >= 11 is 1.72. The highest BCUT2D eigenvalue weighted by atomic mass is 32.1. The maximum atomic E-state index is 15.0. The van der Waals surface area contributed by atoms with Gasteiger partial charge in [0.25, 0.3) is 5.91 Å². The number of aryl methyl sites for hydroxylation is 1. The van der Waals surface area contributed by atoms with Gasteiger partial charge >= 0.3 is 5.97 Å². The van der Waals surface area contributed by atoms with Crippen LogP contribution in [0.1, 0.15) is 46.5 Å². The number of rotatable bonds is 6. The maximum absolute atomic E-state index is 15.0. The van der Waals surface area contributed by atoms with Crippen molar-refractivity contribution in [3.63, 3.8) is 0 Å². The highest BCUT2D eigenvalue weighted by Gasteiger charge is 2.30. The van der Waals surface area contributed by atoms with Crippen LogP contribution in [-0.4, -0.2) is 49.2 Å². The number of hydrogen-bond acceptors (Lipinski definition) is 7. The first kappa shape index (κ1) is 25.3. The molecule has 1 aromatic carbocycles. The predicted molar refractivity (Wildman–Crippen MR) is 143 cm³/mol. The molecule has 1 aliphatic rings. The summed E-state index contributed by atoms with van der Waals surface area (Å²) in [6.45, 7) is 4.62. The molecular weight excluding hydrogens is 507 g/mol. The zero-order chi connectivity index (χ0) is 27.0. The number of nitrogens with zero attached hydrogens (tertiary/aromatic N) is 5. The van der Waals surface area contributed by atoms with Crippen molar-refractivity contribution >= 4 is 40.8 Å². The van der Waals surface area contributed by atoms with E-state index < -0.39 is 11.8 Å². The zero-order valence-corrected chi connectivity index (χ0v) is 21.6. The molecule has 1 atom stereocenters. The zero-order valence-electron chi connectivity index (χ0n) is 20.8. The summed E-state index contributed by atoms with van der Waals surface area (Å²) in [6, 6.07) is 9.69. The van der Waals surface area contributed by atoms with Crippen molar-refractivity contribution in [3.8, 4) is 11.3 Å².